The number of pyridine rings is 1. The number of amides is 1. The largest absolute Gasteiger partial charge is 0.394 e. The van der Waals surface area contributed by atoms with Gasteiger partial charge in [-0.1, -0.05) is 6.07 Å². The van der Waals surface area contributed by atoms with Crippen LogP contribution in [0.2, 0.25) is 0 Å². The van der Waals surface area contributed by atoms with E-state index in [9.17, 15) is 15.0 Å². The monoisotopic (exact) mass is 563 g/mol. The number of aromatic nitrogens is 1. The summed E-state index contributed by atoms with van der Waals surface area (Å²) in [7, 11) is 3.90. The minimum Gasteiger partial charge on any atom is -0.394 e. The van der Waals surface area contributed by atoms with Gasteiger partial charge in [-0.3, -0.25) is 9.69 Å². The number of hydrogen-bond acceptors (Lipinski definition) is 8. The van der Waals surface area contributed by atoms with Crippen LogP contribution in [0.4, 0.5) is 11.5 Å². The minimum absolute atomic E-state index is 0. The fourth-order valence-corrected chi connectivity index (χ4v) is 4.59. The molecule has 12 heteroatoms. The van der Waals surface area contributed by atoms with E-state index in [0.717, 1.165) is 37.7 Å². The predicted molar refractivity (Wildman–Crippen MR) is 148 cm³/mol. The van der Waals surface area contributed by atoms with Crippen molar-refractivity contribution in [3.63, 3.8) is 0 Å². The van der Waals surface area contributed by atoms with Crippen molar-refractivity contribution in [2.45, 2.75) is 24.4 Å². The van der Waals surface area contributed by atoms with Gasteiger partial charge in [-0.25, -0.2) is 4.98 Å². The van der Waals surface area contributed by atoms with Gasteiger partial charge < -0.3 is 30.1 Å². The van der Waals surface area contributed by atoms with Gasteiger partial charge >= 0.3 is 0 Å². The lowest BCUT2D eigenvalue weighted by atomic mass is 10.0. The summed E-state index contributed by atoms with van der Waals surface area (Å²) in [5.74, 6) is 0.752. The van der Waals surface area contributed by atoms with Crippen LogP contribution in [0.25, 0.3) is 0 Å². The zero-order chi connectivity index (χ0) is 23.4. The molecule has 2 aromatic rings. The second-order valence-corrected chi connectivity index (χ2v) is 8.74. The zero-order valence-corrected chi connectivity index (χ0v) is 22.8. The maximum atomic E-state index is 12.7. The van der Waals surface area contributed by atoms with Crippen molar-refractivity contribution in [1.29, 1.82) is 0 Å². The van der Waals surface area contributed by atoms with Crippen LogP contribution in [-0.2, 0) is 4.74 Å². The fourth-order valence-electron chi connectivity index (χ4n) is 4.59. The number of benzene rings is 1. The van der Waals surface area contributed by atoms with Crippen molar-refractivity contribution in [2.75, 3.05) is 63.2 Å². The number of aliphatic hydroxyl groups excluding tert-OH is 2. The Bertz CT molecular complexity index is 918. The normalized spacial score (nSPS) is 23.6. The van der Waals surface area contributed by atoms with Crippen LogP contribution in [0.15, 0.2) is 48.7 Å². The quantitative estimate of drug-likeness (QED) is 0.465. The molecule has 4 atom stereocenters. The number of piperazine rings is 1. The number of anilines is 2. The van der Waals surface area contributed by atoms with Gasteiger partial charge in [-0.2, -0.15) is 0 Å². The Hall–Kier alpha value is -1.85. The van der Waals surface area contributed by atoms with Gasteiger partial charge in [0.25, 0.3) is 5.91 Å². The molecule has 1 amide bonds. The van der Waals surface area contributed by atoms with E-state index in [2.05, 4.69) is 20.1 Å². The van der Waals surface area contributed by atoms with Crippen molar-refractivity contribution < 1.29 is 19.7 Å². The summed E-state index contributed by atoms with van der Waals surface area (Å²) in [4.78, 5) is 23.5. The lowest BCUT2D eigenvalue weighted by Gasteiger charge is -2.40. The highest BCUT2D eigenvalue weighted by Gasteiger charge is 2.46. The molecule has 9 nitrogen and oxygen atoms in total. The molecule has 1 aromatic heterocycles. The van der Waals surface area contributed by atoms with Crippen molar-refractivity contribution >= 4 is 54.6 Å². The van der Waals surface area contributed by atoms with Gasteiger partial charge in [0.15, 0.2) is 0 Å². The highest BCUT2D eigenvalue weighted by molar-refractivity contribution is 5.94. The SMILES string of the molecule is CN(C)c1ccc(C(=O)NC[C@H]2O[C@@H](CO)[C@@H](O)[C@H]2N2CCN(c3ccccn3)CC2)cc1.Cl.Cl.Cl. The molecule has 0 saturated carbocycles. The van der Waals surface area contributed by atoms with E-state index >= 15 is 0 Å². The molecular formula is C24H36Cl3N5O4. The van der Waals surface area contributed by atoms with E-state index in [-0.39, 0.29) is 62.3 Å². The lowest BCUT2D eigenvalue weighted by Crippen LogP contribution is -2.57. The lowest BCUT2D eigenvalue weighted by molar-refractivity contribution is -0.0209. The summed E-state index contributed by atoms with van der Waals surface area (Å²) in [6.07, 6.45) is -0.110. The molecule has 2 fully saturated rings. The van der Waals surface area contributed by atoms with Crippen molar-refractivity contribution in [3.8, 4) is 0 Å². The average molecular weight is 565 g/mol. The molecule has 2 aliphatic rings. The maximum absolute atomic E-state index is 12.7. The number of ether oxygens (including phenoxy) is 1. The second-order valence-electron chi connectivity index (χ2n) is 8.74. The number of nitrogens with one attached hydrogen (secondary N) is 1. The summed E-state index contributed by atoms with van der Waals surface area (Å²) in [5.41, 5.74) is 1.59. The summed E-state index contributed by atoms with van der Waals surface area (Å²) in [6, 6.07) is 12.9. The number of rotatable bonds is 7. The number of nitrogens with zero attached hydrogens (tertiary/aromatic N) is 4. The summed E-state index contributed by atoms with van der Waals surface area (Å²) < 4.78 is 5.95. The van der Waals surface area contributed by atoms with Crippen LogP contribution in [0.1, 0.15) is 10.4 Å². The number of carbonyl (C=O) groups is 1. The van der Waals surface area contributed by atoms with E-state index in [1.54, 1.807) is 18.3 Å². The Morgan fingerprint density at radius 3 is 2.28 bits per heavy atom. The minimum atomic E-state index is -0.822. The van der Waals surface area contributed by atoms with Crippen LogP contribution < -0.4 is 15.1 Å². The average Bonchev–Trinajstić information content (AvgIpc) is 3.18. The third-order valence-corrected chi connectivity index (χ3v) is 6.46. The smallest absolute Gasteiger partial charge is 0.251 e. The summed E-state index contributed by atoms with van der Waals surface area (Å²) in [5, 5.41) is 23.5. The third kappa shape index (κ3) is 7.35. The van der Waals surface area contributed by atoms with E-state index in [4.69, 9.17) is 4.74 Å². The highest BCUT2D eigenvalue weighted by atomic mass is 35.5. The highest BCUT2D eigenvalue weighted by Crippen LogP contribution is 2.27. The van der Waals surface area contributed by atoms with Gasteiger partial charge in [0, 0.05) is 64.3 Å². The Labute approximate surface area is 231 Å². The molecule has 0 unspecified atom stereocenters. The molecule has 0 radical (unpaired) electrons. The first-order valence-corrected chi connectivity index (χ1v) is 11.4. The van der Waals surface area contributed by atoms with E-state index in [1.807, 2.05) is 49.3 Å². The predicted octanol–water partition coefficient (Wildman–Crippen LogP) is 1.45. The first-order chi connectivity index (χ1) is 16.0. The Morgan fingerprint density at radius 2 is 1.72 bits per heavy atom. The molecule has 3 N–H and O–H groups in total. The van der Waals surface area contributed by atoms with Gasteiger partial charge in [-0.05, 0) is 36.4 Å². The van der Waals surface area contributed by atoms with E-state index in [0.29, 0.717) is 5.56 Å². The van der Waals surface area contributed by atoms with Crippen molar-refractivity contribution in [1.82, 2.24) is 15.2 Å². The zero-order valence-electron chi connectivity index (χ0n) is 20.4. The van der Waals surface area contributed by atoms with E-state index < -0.39 is 18.3 Å². The first-order valence-electron chi connectivity index (χ1n) is 11.4. The van der Waals surface area contributed by atoms with Crippen LogP contribution in [0.5, 0.6) is 0 Å². The van der Waals surface area contributed by atoms with Crippen molar-refractivity contribution in [2.24, 2.45) is 0 Å². The molecule has 0 aliphatic carbocycles. The molecule has 1 aromatic carbocycles. The third-order valence-electron chi connectivity index (χ3n) is 6.46. The topological polar surface area (TPSA) is 101 Å². The maximum Gasteiger partial charge on any atom is 0.251 e. The number of aliphatic hydroxyl groups is 2. The van der Waals surface area contributed by atoms with Gasteiger partial charge in [0.05, 0.1) is 18.8 Å². The molecule has 0 spiro atoms. The Kier molecular flexibility index (Phi) is 13.2. The molecule has 3 heterocycles. The van der Waals surface area contributed by atoms with Crippen LogP contribution >= 0.6 is 37.2 Å². The summed E-state index contributed by atoms with van der Waals surface area (Å²) >= 11 is 0. The second kappa shape index (κ2) is 14.8. The molecule has 0 bridgehead atoms. The van der Waals surface area contributed by atoms with Gasteiger partial charge in [0.2, 0.25) is 0 Å². The molecule has 36 heavy (non-hydrogen) atoms. The molecule has 4 rings (SSSR count). The Balaban J connectivity index is 0.00000216. The molecule has 2 aliphatic heterocycles. The first kappa shape index (κ1) is 32.2. The number of halogens is 3. The Morgan fingerprint density at radius 1 is 1.06 bits per heavy atom. The van der Waals surface area contributed by atoms with Crippen LogP contribution in [0.3, 0.4) is 0 Å². The standard InChI is InChI=1S/C24H33N5O4.3ClH/c1-27(2)18-8-6-17(7-9-18)24(32)26-15-19-22(23(31)20(16-30)33-19)29-13-11-28(12-14-29)21-5-3-4-10-25-21;;;/h3-10,19-20,22-23,30-31H,11-16H2,1-2H3,(H,26,32);3*1H/t19-,20+,22+,23-;;;/m1.../s1. The fraction of sp³-hybridized carbons (Fsp3) is 0.500. The van der Waals surface area contributed by atoms with E-state index in [1.165, 1.54) is 0 Å². The van der Waals surface area contributed by atoms with Crippen LogP contribution in [-0.4, -0.2) is 104 Å². The molecular weight excluding hydrogens is 529 g/mol. The van der Waals surface area contributed by atoms with Gasteiger partial charge in [0.1, 0.15) is 18.0 Å². The van der Waals surface area contributed by atoms with Crippen molar-refractivity contribution in [3.05, 3.63) is 54.2 Å². The van der Waals surface area contributed by atoms with Gasteiger partial charge in [-0.15, -0.1) is 37.2 Å². The number of hydrogen-bond donors (Lipinski definition) is 3. The molecule has 202 valence electrons. The molecule has 2 saturated heterocycles. The van der Waals surface area contributed by atoms with Crippen LogP contribution in [0, 0.1) is 0 Å². The number of carbonyl (C=O) groups excluding carboxylic acids is 1. The summed E-state index contributed by atoms with van der Waals surface area (Å²) in [6.45, 7) is 3.02.